The van der Waals surface area contributed by atoms with Crippen LogP contribution in [0.3, 0.4) is 0 Å². The van der Waals surface area contributed by atoms with Crippen molar-refractivity contribution in [1.29, 1.82) is 0 Å². The number of hydrogen-bond donors (Lipinski definition) is 0. The molecule has 1 atom stereocenters. The van der Waals surface area contributed by atoms with Crippen LogP contribution in [-0.2, 0) is 17.8 Å². The zero-order valence-electron chi connectivity index (χ0n) is 8.46. The van der Waals surface area contributed by atoms with Crippen LogP contribution in [0.2, 0.25) is 0 Å². The Balaban J connectivity index is 2.58. The minimum absolute atomic E-state index is 0.421. The smallest absolute Gasteiger partial charge is 0.0353 e. The standard InChI is InChI=1S/C11H15NO2S/c1-2-3-9-12(15(13)14)10-11-7-5-4-6-8-11/h2,4-8H,1,3,9-10H2,(H,13,14)/p-1. The molecule has 0 N–H and O–H groups in total. The van der Waals surface area contributed by atoms with Crippen LogP contribution in [0.15, 0.2) is 43.0 Å². The first-order valence-corrected chi connectivity index (χ1v) is 5.76. The summed E-state index contributed by atoms with van der Waals surface area (Å²) in [6.07, 6.45) is 2.38. The quantitative estimate of drug-likeness (QED) is 0.547. The summed E-state index contributed by atoms with van der Waals surface area (Å²) in [5.74, 6) is 0. The van der Waals surface area contributed by atoms with E-state index in [4.69, 9.17) is 0 Å². The van der Waals surface area contributed by atoms with Gasteiger partial charge in [0.1, 0.15) is 0 Å². The van der Waals surface area contributed by atoms with Crippen molar-refractivity contribution in [3.63, 3.8) is 0 Å². The van der Waals surface area contributed by atoms with Crippen LogP contribution in [-0.4, -0.2) is 19.6 Å². The second-order valence-corrected chi connectivity index (χ2v) is 4.09. The first-order chi connectivity index (χ1) is 7.24. The van der Waals surface area contributed by atoms with Crippen LogP contribution in [0, 0.1) is 0 Å². The predicted molar refractivity (Wildman–Crippen MR) is 60.6 cm³/mol. The second-order valence-electron chi connectivity index (χ2n) is 3.14. The molecule has 0 spiro atoms. The molecule has 0 heterocycles. The first kappa shape index (κ1) is 12.1. The molecule has 0 aromatic heterocycles. The van der Waals surface area contributed by atoms with Gasteiger partial charge < -0.3 is 4.55 Å². The molecule has 0 saturated heterocycles. The molecule has 0 aliphatic carbocycles. The van der Waals surface area contributed by atoms with E-state index in [0.717, 1.165) is 5.56 Å². The Hall–Kier alpha value is -0.970. The molecule has 3 nitrogen and oxygen atoms in total. The molecule has 1 aromatic carbocycles. The number of rotatable bonds is 6. The largest absolute Gasteiger partial charge is 0.760 e. The van der Waals surface area contributed by atoms with Crippen LogP contribution in [0.1, 0.15) is 12.0 Å². The van der Waals surface area contributed by atoms with Crippen molar-refractivity contribution in [1.82, 2.24) is 4.31 Å². The van der Waals surface area contributed by atoms with E-state index in [2.05, 4.69) is 6.58 Å². The Morgan fingerprint density at radius 2 is 2.07 bits per heavy atom. The summed E-state index contributed by atoms with van der Waals surface area (Å²) < 4.78 is 23.2. The highest BCUT2D eigenvalue weighted by Gasteiger charge is 2.04. The highest BCUT2D eigenvalue weighted by atomic mass is 32.2. The zero-order valence-corrected chi connectivity index (χ0v) is 9.28. The number of benzene rings is 1. The maximum absolute atomic E-state index is 10.9. The Morgan fingerprint density at radius 3 is 2.60 bits per heavy atom. The fourth-order valence-electron chi connectivity index (χ4n) is 1.23. The summed E-state index contributed by atoms with van der Waals surface area (Å²) in [7, 11) is 0. The van der Waals surface area contributed by atoms with Crippen molar-refractivity contribution in [2.75, 3.05) is 6.54 Å². The monoisotopic (exact) mass is 224 g/mol. The van der Waals surface area contributed by atoms with Gasteiger partial charge in [-0.05, 0) is 12.0 Å². The zero-order chi connectivity index (χ0) is 11.1. The molecule has 0 bridgehead atoms. The summed E-state index contributed by atoms with van der Waals surface area (Å²) in [6, 6.07) is 9.52. The average molecular weight is 224 g/mol. The fraction of sp³-hybridized carbons (Fsp3) is 0.273. The number of hydrogen-bond acceptors (Lipinski definition) is 2. The van der Waals surface area contributed by atoms with Gasteiger partial charge in [0, 0.05) is 24.4 Å². The van der Waals surface area contributed by atoms with E-state index >= 15 is 0 Å². The van der Waals surface area contributed by atoms with Crippen LogP contribution in [0.4, 0.5) is 0 Å². The lowest BCUT2D eigenvalue weighted by molar-refractivity contribution is 0.387. The van der Waals surface area contributed by atoms with E-state index in [0.29, 0.717) is 19.5 Å². The normalized spacial score (nSPS) is 12.7. The highest BCUT2D eigenvalue weighted by molar-refractivity contribution is 7.76. The van der Waals surface area contributed by atoms with E-state index in [9.17, 15) is 8.76 Å². The molecule has 0 fully saturated rings. The molecule has 0 saturated carbocycles. The Kier molecular flexibility index (Phi) is 5.25. The van der Waals surface area contributed by atoms with Crippen molar-refractivity contribution >= 4 is 11.3 Å². The molecule has 82 valence electrons. The molecular weight excluding hydrogens is 210 g/mol. The SMILES string of the molecule is C=CCCN(Cc1ccccc1)S(=O)[O-]. The van der Waals surface area contributed by atoms with Crippen molar-refractivity contribution < 1.29 is 8.76 Å². The molecule has 0 aliphatic rings. The third-order valence-electron chi connectivity index (χ3n) is 2.00. The summed E-state index contributed by atoms with van der Waals surface area (Å²) in [6.45, 7) is 4.47. The molecule has 1 aromatic rings. The molecule has 1 unspecified atom stereocenters. The third-order valence-corrected chi connectivity index (χ3v) is 2.73. The van der Waals surface area contributed by atoms with Crippen LogP contribution in [0.5, 0.6) is 0 Å². The summed E-state index contributed by atoms with van der Waals surface area (Å²) in [5.41, 5.74) is 0.991. The average Bonchev–Trinajstić information content (AvgIpc) is 2.25. The van der Waals surface area contributed by atoms with Gasteiger partial charge in [-0.3, -0.25) is 4.21 Å². The fourth-order valence-corrected chi connectivity index (χ4v) is 1.74. The van der Waals surface area contributed by atoms with Crippen LogP contribution < -0.4 is 0 Å². The van der Waals surface area contributed by atoms with Crippen molar-refractivity contribution in [2.45, 2.75) is 13.0 Å². The van der Waals surface area contributed by atoms with Gasteiger partial charge >= 0.3 is 0 Å². The first-order valence-electron chi connectivity index (χ1n) is 4.73. The molecule has 0 amide bonds. The lowest BCUT2D eigenvalue weighted by Crippen LogP contribution is -2.26. The maximum atomic E-state index is 10.9. The van der Waals surface area contributed by atoms with E-state index in [1.807, 2.05) is 30.3 Å². The van der Waals surface area contributed by atoms with Gasteiger partial charge in [-0.1, -0.05) is 36.4 Å². The van der Waals surface area contributed by atoms with Crippen molar-refractivity contribution in [2.24, 2.45) is 0 Å². The van der Waals surface area contributed by atoms with Crippen LogP contribution in [0.25, 0.3) is 0 Å². The van der Waals surface area contributed by atoms with Gasteiger partial charge in [-0.2, -0.15) is 0 Å². The summed E-state index contributed by atoms with van der Waals surface area (Å²) in [5, 5.41) is 0. The minimum Gasteiger partial charge on any atom is -0.760 e. The van der Waals surface area contributed by atoms with Crippen LogP contribution >= 0.6 is 0 Å². The molecule has 0 radical (unpaired) electrons. The lowest BCUT2D eigenvalue weighted by atomic mass is 10.2. The Morgan fingerprint density at radius 1 is 1.40 bits per heavy atom. The summed E-state index contributed by atoms with van der Waals surface area (Å²) >= 11 is -2.17. The van der Waals surface area contributed by atoms with Gasteiger partial charge in [0.2, 0.25) is 0 Å². The number of nitrogens with zero attached hydrogens (tertiary/aromatic N) is 1. The van der Waals surface area contributed by atoms with E-state index in [1.165, 1.54) is 4.31 Å². The predicted octanol–water partition coefficient (Wildman–Crippen LogP) is 1.86. The highest BCUT2D eigenvalue weighted by Crippen LogP contribution is 2.06. The summed E-state index contributed by atoms with van der Waals surface area (Å²) in [4.78, 5) is 0. The molecule has 4 heteroatoms. The van der Waals surface area contributed by atoms with Gasteiger partial charge in [-0.15, -0.1) is 6.58 Å². The molecular formula is C11H14NO2S-. The third kappa shape index (κ3) is 4.38. The van der Waals surface area contributed by atoms with E-state index in [1.54, 1.807) is 6.08 Å². The second kappa shape index (κ2) is 6.50. The van der Waals surface area contributed by atoms with Crippen molar-refractivity contribution in [3.8, 4) is 0 Å². The van der Waals surface area contributed by atoms with E-state index in [-0.39, 0.29) is 0 Å². The van der Waals surface area contributed by atoms with Gasteiger partial charge in [0.25, 0.3) is 0 Å². The topological polar surface area (TPSA) is 43.4 Å². The van der Waals surface area contributed by atoms with Gasteiger partial charge in [0.15, 0.2) is 0 Å². The van der Waals surface area contributed by atoms with Gasteiger partial charge in [-0.25, -0.2) is 4.31 Å². The molecule has 0 aliphatic heterocycles. The Labute approximate surface area is 92.8 Å². The Bertz CT molecular complexity index is 327. The lowest BCUT2D eigenvalue weighted by Gasteiger charge is -2.23. The van der Waals surface area contributed by atoms with Crippen molar-refractivity contribution in [3.05, 3.63) is 48.6 Å². The minimum atomic E-state index is -2.17. The molecule has 1 rings (SSSR count). The maximum Gasteiger partial charge on any atom is 0.0353 e. The van der Waals surface area contributed by atoms with E-state index < -0.39 is 11.3 Å². The molecule has 15 heavy (non-hydrogen) atoms. The van der Waals surface area contributed by atoms with Gasteiger partial charge in [0.05, 0.1) is 0 Å².